The van der Waals surface area contributed by atoms with Crippen LogP contribution in [0.25, 0.3) is 0 Å². The average Bonchev–Trinajstić information content (AvgIpc) is 3.32. The zero-order chi connectivity index (χ0) is 15.6. The Hall–Kier alpha value is -1.10. The van der Waals surface area contributed by atoms with Crippen molar-refractivity contribution in [3.8, 4) is 0 Å². The fraction of sp³-hybridized carbons (Fsp3) is 0.882. The molecule has 1 atom stereocenters. The Kier molecular flexibility index (Phi) is 4.71. The van der Waals surface area contributed by atoms with Crippen LogP contribution >= 0.6 is 0 Å². The fourth-order valence-electron chi connectivity index (χ4n) is 4.11. The molecule has 0 aromatic heterocycles. The van der Waals surface area contributed by atoms with Crippen molar-refractivity contribution < 1.29 is 9.59 Å². The second-order valence-corrected chi connectivity index (χ2v) is 7.40. The molecule has 2 aliphatic carbocycles. The van der Waals surface area contributed by atoms with Crippen LogP contribution in [-0.4, -0.2) is 41.9 Å². The molecule has 1 heterocycles. The minimum Gasteiger partial charge on any atom is -0.369 e. The molecule has 0 unspecified atom stereocenters. The summed E-state index contributed by atoms with van der Waals surface area (Å²) in [5.74, 6) is -0.589. The lowest BCUT2D eigenvalue weighted by Gasteiger charge is -2.38. The van der Waals surface area contributed by atoms with Crippen molar-refractivity contribution in [2.24, 2.45) is 11.1 Å². The van der Waals surface area contributed by atoms with Gasteiger partial charge in [0.05, 0.1) is 0 Å². The Morgan fingerprint density at radius 1 is 1.00 bits per heavy atom. The molecule has 3 rings (SSSR count). The normalized spacial score (nSPS) is 29.5. The summed E-state index contributed by atoms with van der Waals surface area (Å²) < 4.78 is 0. The lowest BCUT2D eigenvalue weighted by Crippen LogP contribution is -2.53. The number of nitrogens with one attached hydrogen (secondary N) is 1. The predicted octanol–water partition coefficient (Wildman–Crippen LogP) is 1.56. The van der Waals surface area contributed by atoms with Crippen molar-refractivity contribution in [2.75, 3.05) is 13.1 Å². The maximum Gasteiger partial charge on any atom is 0.235 e. The van der Waals surface area contributed by atoms with Crippen LogP contribution in [0.4, 0.5) is 0 Å². The summed E-state index contributed by atoms with van der Waals surface area (Å²) in [6.45, 7) is 2.09. The van der Waals surface area contributed by atoms with E-state index in [9.17, 15) is 9.59 Å². The largest absolute Gasteiger partial charge is 0.369 e. The summed E-state index contributed by atoms with van der Waals surface area (Å²) in [5, 5.41) is 3.11. The lowest BCUT2D eigenvalue weighted by molar-refractivity contribution is -0.136. The van der Waals surface area contributed by atoms with E-state index >= 15 is 0 Å². The number of carbonyl (C=O) groups excluding carboxylic acids is 2. The molecule has 1 aliphatic heterocycles. The van der Waals surface area contributed by atoms with E-state index in [-0.39, 0.29) is 11.9 Å². The first-order valence-electron chi connectivity index (χ1n) is 8.97. The van der Waals surface area contributed by atoms with Crippen molar-refractivity contribution in [3.05, 3.63) is 0 Å². The lowest BCUT2D eigenvalue weighted by atomic mass is 9.98. The van der Waals surface area contributed by atoms with Gasteiger partial charge in [0.25, 0.3) is 0 Å². The van der Waals surface area contributed by atoms with Gasteiger partial charge < -0.3 is 11.1 Å². The van der Waals surface area contributed by atoms with Crippen LogP contribution < -0.4 is 11.1 Å². The van der Waals surface area contributed by atoms with Gasteiger partial charge in [-0.3, -0.25) is 14.5 Å². The molecular weight excluding hydrogens is 278 g/mol. The molecule has 0 aromatic carbocycles. The van der Waals surface area contributed by atoms with Crippen LogP contribution in [0.1, 0.15) is 64.2 Å². The quantitative estimate of drug-likeness (QED) is 0.611. The van der Waals surface area contributed by atoms with Crippen molar-refractivity contribution >= 4 is 11.8 Å². The maximum atomic E-state index is 12.3. The molecular formula is C17H29N3O2. The molecule has 0 spiro atoms. The number of hydrogen-bond donors (Lipinski definition) is 2. The molecule has 2 amide bonds. The summed E-state index contributed by atoms with van der Waals surface area (Å²) in [4.78, 5) is 26.4. The predicted molar refractivity (Wildman–Crippen MR) is 85.1 cm³/mol. The molecule has 5 heteroatoms. The summed E-state index contributed by atoms with van der Waals surface area (Å²) in [6.07, 6.45) is 11.4. The second-order valence-electron chi connectivity index (χ2n) is 7.40. The van der Waals surface area contributed by atoms with E-state index in [2.05, 4.69) is 10.2 Å². The molecule has 3 fully saturated rings. The zero-order valence-electron chi connectivity index (χ0n) is 13.5. The van der Waals surface area contributed by atoms with Gasteiger partial charge in [-0.15, -0.1) is 0 Å². The third kappa shape index (κ3) is 3.29. The average molecular weight is 307 g/mol. The molecule has 0 radical (unpaired) electrons. The highest BCUT2D eigenvalue weighted by Gasteiger charge is 2.55. The number of hydrogen-bond acceptors (Lipinski definition) is 3. The zero-order valence-corrected chi connectivity index (χ0v) is 13.5. The maximum absolute atomic E-state index is 12.3. The van der Waals surface area contributed by atoms with Gasteiger partial charge in [-0.05, 0) is 45.1 Å². The number of rotatable bonds is 4. The Morgan fingerprint density at radius 2 is 1.68 bits per heavy atom. The van der Waals surface area contributed by atoms with Crippen LogP contribution in [0.2, 0.25) is 0 Å². The summed E-state index contributed by atoms with van der Waals surface area (Å²) in [5.41, 5.74) is 4.51. The van der Waals surface area contributed by atoms with E-state index in [1.165, 1.54) is 38.5 Å². The van der Waals surface area contributed by atoms with E-state index in [0.29, 0.717) is 18.9 Å². The Bertz CT molecular complexity index is 426. The van der Waals surface area contributed by atoms with Crippen molar-refractivity contribution in [3.63, 3.8) is 0 Å². The third-order valence-corrected chi connectivity index (χ3v) is 5.79. The van der Waals surface area contributed by atoms with E-state index in [4.69, 9.17) is 5.73 Å². The number of piperidine rings is 1. The van der Waals surface area contributed by atoms with Crippen molar-refractivity contribution in [2.45, 2.75) is 76.3 Å². The monoisotopic (exact) mass is 307 g/mol. The highest BCUT2D eigenvalue weighted by molar-refractivity contribution is 6.07. The first-order chi connectivity index (χ1) is 10.6. The van der Waals surface area contributed by atoms with Crippen LogP contribution in [0.3, 0.4) is 0 Å². The minimum absolute atomic E-state index is 0.132. The van der Waals surface area contributed by atoms with Crippen molar-refractivity contribution in [1.82, 2.24) is 10.2 Å². The number of nitrogens with two attached hydrogens (primary N) is 1. The first-order valence-corrected chi connectivity index (χ1v) is 8.97. The number of nitrogens with zero attached hydrogens (tertiary/aromatic N) is 1. The van der Waals surface area contributed by atoms with Crippen LogP contribution in [-0.2, 0) is 9.59 Å². The van der Waals surface area contributed by atoms with Gasteiger partial charge >= 0.3 is 0 Å². The van der Waals surface area contributed by atoms with E-state index in [1.807, 2.05) is 0 Å². The number of amides is 2. The van der Waals surface area contributed by atoms with E-state index in [1.54, 1.807) is 0 Å². The molecule has 2 saturated carbocycles. The highest BCUT2D eigenvalue weighted by atomic mass is 16.2. The van der Waals surface area contributed by atoms with Gasteiger partial charge in [0, 0.05) is 18.6 Å². The topological polar surface area (TPSA) is 75.4 Å². The number of primary amides is 1. The molecule has 3 aliphatic rings. The summed E-state index contributed by atoms with van der Waals surface area (Å²) in [7, 11) is 0. The van der Waals surface area contributed by atoms with Gasteiger partial charge in [0.1, 0.15) is 5.41 Å². The molecule has 1 saturated heterocycles. The standard InChI is InChI=1S/C17H29N3O2/c18-15(21)17(9-10-17)16(22)19-13-6-5-11-20(12-13)14-7-3-1-2-4-8-14/h13-14H,1-12H2,(H2,18,21)(H,19,22)/t13-/m1/s1. The molecule has 3 N–H and O–H groups in total. The SMILES string of the molecule is NC(=O)C1(C(=O)N[C@@H]2CCCN(C3CCCCCC3)C2)CC1. The van der Waals surface area contributed by atoms with E-state index in [0.717, 1.165) is 25.9 Å². The van der Waals surface area contributed by atoms with Gasteiger partial charge in [0.2, 0.25) is 11.8 Å². The highest BCUT2D eigenvalue weighted by Crippen LogP contribution is 2.45. The summed E-state index contributed by atoms with van der Waals surface area (Å²) >= 11 is 0. The number of likely N-dealkylation sites (tertiary alicyclic amines) is 1. The number of carbonyl (C=O) groups is 2. The van der Waals surface area contributed by atoms with Gasteiger partial charge in [-0.25, -0.2) is 0 Å². The molecule has 5 nitrogen and oxygen atoms in total. The molecule has 0 bridgehead atoms. The third-order valence-electron chi connectivity index (χ3n) is 5.79. The van der Waals surface area contributed by atoms with E-state index < -0.39 is 11.3 Å². The summed E-state index contributed by atoms with van der Waals surface area (Å²) in [6, 6.07) is 0.870. The van der Waals surface area contributed by atoms with Crippen molar-refractivity contribution in [1.29, 1.82) is 0 Å². The van der Waals surface area contributed by atoms with Gasteiger partial charge in [-0.1, -0.05) is 25.7 Å². The molecule has 0 aromatic rings. The molecule has 124 valence electrons. The Labute approximate surface area is 133 Å². The Balaban J connectivity index is 1.54. The Morgan fingerprint density at radius 3 is 2.27 bits per heavy atom. The van der Waals surface area contributed by atoms with Crippen LogP contribution in [0.5, 0.6) is 0 Å². The smallest absolute Gasteiger partial charge is 0.235 e. The van der Waals surface area contributed by atoms with Crippen LogP contribution in [0, 0.1) is 5.41 Å². The minimum atomic E-state index is -0.884. The van der Waals surface area contributed by atoms with Gasteiger partial charge in [-0.2, -0.15) is 0 Å². The fourth-order valence-corrected chi connectivity index (χ4v) is 4.11. The second kappa shape index (κ2) is 6.57. The first kappa shape index (κ1) is 15.8. The van der Waals surface area contributed by atoms with Crippen LogP contribution in [0.15, 0.2) is 0 Å². The van der Waals surface area contributed by atoms with Gasteiger partial charge in [0.15, 0.2) is 0 Å². The molecule has 22 heavy (non-hydrogen) atoms.